The van der Waals surface area contributed by atoms with E-state index in [0.29, 0.717) is 45.8 Å². The minimum Gasteiger partial charge on any atom is -0.494 e. The number of nitrogens with one attached hydrogen (secondary N) is 1. The molecule has 5 nitrogen and oxygen atoms in total. The van der Waals surface area contributed by atoms with Crippen molar-refractivity contribution in [2.75, 3.05) is 13.7 Å². The second-order valence-corrected chi connectivity index (χ2v) is 9.20. The Morgan fingerprint density at radius 1 is 0.914 bits per heavy atom. The van der Waals surface area contributed by atoms with Gasteiger partial charge in [-0.05, 0) is 48.4 Å². The van der Waals surface area contributed by atoms with Gasteiger partial charge in [-0.3, -0.25) is 9.59 Å². The van der Waals surface area contributed by atoms with Crippen molar-refractivity contribution < 1.29 is 14.3 Å². The van der Waals surface area contributed by atoms with Gasteiger partial charge in [-0.1, -0.05) is 71.2 Å². The Labute approximate surface area is 220 Å². The van der Waals surface area contributed by atoms with Gasteiger partial charge >= 0.3 is 0 Å². The third-order valence-electron chi connectivity index (χ3n) is 5.52. The van der Waals surface area contributed by atoms with E-state index in [9.17, 15) is 9.59 Å². The van der Waals surface area contributed by atoms with Gasteiger partial charge < -0.3 is 15.0 Å². The first-order valence-electron chi connectivity index (χ1n) is 11.2. The molecule has 35 heavy (non-hydrogen) atoms. The summed E-state index contributed by atoms with van der Waals surface area (Å²) in [6.45, 7) is 0.456. The zero-order valence-corrected chi connectivity index (χ0v) is 21.6. The fourth-order valence-electron chi connectivity index (χ4n) is 3.66. The SMILES string of the molecule is CNC(=O)[C@@H](Cc1ccccc1)N(Cc1c(Cl)cccc1Cl)C(=O)CCCOc1ccc(Cl)cc1. The van der Waals surface area contributed by atoms with E-state index in [4.69, 9.17) is 39.5 Å². The lowest BCUT2D eigenvalue weighted by molar-refractivity contribution is -0.141. The number of nitrogens with zero attached hydrogens (tertiary/aromatic N) is 1. The molecule has 1 N–H and O–H groups in total. The normalized spacial score (nSPS) is 11.5. The van der Waals surface area contributed by atoms with Gasteiger partial charge in [-0.2, -0.15) is 0 Å². The molecule has 0 aliphatic carbocycles. The molecule has 2 amide bonds. The van der Waals surface area contributed by atoms with Crippen LogP contribution < -0.4 is 10.1 Å². The molecule has 184 valence electrons. The van der Waals surface area contributed by atoms with Crippen LogP contribution in [0.4, 0.5) is 0 Å². The molecule has 0 spiro atoms. The number of rotatable bonds is 11. The topological polar surface area (TPSA) is 58.6 Å². The van der Waals surface area contributed by atoms with Crippen LogP contribution in [0.1, 0.15) is 24.0 Å². The zero-order chi connectivity index (χ0) is 25.2. The number of benzene rings is 3. The summed E-state index contributed by atoms with van der Waals surface area (Å²) in [5.74, 6) is 0.224. The molecule has 0 heterocycles. The van der Waals surface area contributed by atoms with E-state index >= 15 is 0 Å². The zero-order valence-electron chi connectivity index (χ0n) is 19.3. The summed E-state index contributed by atoms with van der Waals surface area (Å²) in [6.07, 6.45) is 1.02. The van der Waals surface area contributed by atoms with Gasteiger partial charge in [0.25, 0.3) is 0 Å². The van der Waals surface area contributed by atoms with Crippen molar-refractivity contribution in [3.05, 3.63) is 99.0 Å². The maximum Gasteiger partial charge on any atom is 0.242 e. The molecular formula is C27H27Cl3N2O3. The van der Waals surface area contributed by atoms with Gasteiger partial charge in [0.2, 0.25) is 11.8 Å². The number of amides is 2. The summed E-state index contributed by atoms with van der Waals surface area (Å²) in [6, 6.07) is 21.1. The lowest BCUT2D eigenvalue weighted by Gasteiger charge is -2.31. The summed E-state index contributed by atoms with van der Waals surface area (Å²) in [5, 5.41) is 4.20. The van der Waals surface area contributed by atoms with Crippen LogP contribution >= 0.6 is 34.8 Å². The van der Waals surface area contributed by atoms with Gasteiger partial charge in [0.05, 0.1) is 6.61 Å². The molecule has 3 rings (SSSR count). The first-order valence-corrected chi connectivity index (χ1v) is 12.4. The van der Waals surface area contributed by atoms with E-state index in [-0.39, 0.29) is 24.8 Å². The van der Waals surface area contributed by atoms with Crippen molar-refractivity contribution in [1.29, 1.82) is 0 Å². The summed E-state index contributed by atoms with van der Waals surface area (Å²) in [4.78, 5) is 28.0. The predicted molar refractivity (Wildman–Crippen MR) is 141 cm³/mol. The number of carbonyl (C=O) groups is 2. The maximum absolute atomic E-state index is 13.5. The van der Waals surface area contributed by atoms with E-state index in [1.807, 2.05) is 30.3 Å². The fraction of sp³-hybridized carbons (Fsp3) is 0.259. The molecule has 0 saturated heterocycles. The second kappa shape index (κ2) is 13.4. The molecule has 0 radical (unpaired) electrons. The average Bonchev–Trinajstić information content (AvgIpc) is 2.86. The van der Waals surface area contributed by atoms with Crippen molar-refractivity contribution >= 4 is 46.6 Å². The Morgan fingerprint density at radius 2 is 1.57 bits per heavy atom. The van der Waals surface area contributed by atoms with E-state index in [1.54, 1.807) is 54.4 Å². The highest BCUT2D eigenvalue weighted by Crippen LogP contribution is 2.27. The fourth-order valence-corrected chi connectivity index (χ4v) is 4.31. The van der Waals surface area contributed by atoms with Crippen LogP contribution in [-0.4, -0.2) is 36.4 Å². The molecule has 0 bridgehead atoms. The van der Waals surface area contributed by atoms with Gasteiger partial charge in [0, 0.05) is 47.1 Å². The Hall–Kier alpha value is -2.73. The molecule has 3 aromatic carbocycles. The van der Waals surface area contributed by atoms with E-state index in [1.165, 1.54) is 0 Å². The molecule has 0 unspecified atom stereocenters. The Bertz CT molecular complexity index is 1100. The van der Waals surface area contributed by atoms with Crippen molar-refractivity contribution in [2.24, 2.45) is 0 Å². The molecule has 0 aliphatic rings. The molecule has 8 heteroatoms. The summed E-state index contributed by atoms with van der Waals surface area (Å²) >= 11 is 18.7. The van der Waals surface area contributed by atoms with Crippen LogP contribution in [-0.2, 0) is 22.6 Å². The average molecular weight is 534 g/mol. The van der Waals surface area contributed by atoms with Crippen molar-refractivity contribution in [3.63, 3.8) is 0 Å². The van der Waals surface area contributed by atoms with Crippen LogP contribution in [0.25, 0.3) is 0 Å². The molecule has 0 aromatic heterocycles. The standard InChI is InChI=1S/C27H27Cl3N2O3/c1-31-27(34)25(17-19-7-3-2-4-8-19)32(18-22-23(29)9-5-10-24(22)30)26(33)11-6-16-35-21-14-12-20(28)13-15-21/h2-5,7-10,12-15,25H,6,11,16-18H2,1H3,(H,31,34)/t25-/m1/s1. The highest BCUT2D eigenvalue weighted by molar-refractivity contribution is 6.36. The largest absolute Gasteiger partial charge is 0.494 e. The monoisotopic (exact) mass is 532 g/mol. The molecule has 0 saturated carbocycles. The summed E-state index contributed by atoms with van der Waals surface area (Å²) < 4.78 is 5.72. The first kappa shape index (κ1) is 26.9. The second-order valence-electron chi connectivity index (χ2n) is 7.95. The predicted octanol–water partition coefficient (Wildman–Crippen LogP) is 6.19. The molecule has 0 fully saturated rings. The van der Waals surface area contributed by atoms with Crippen LogP contribution in [0.5, 0.6) is 5.75 Å². The van der Waals surface area contributed by atoms with E-state index in [2.05, 4.69) is 5.32 Å². The number of halogens is 3. The van der Waals surface area contributed by atoms with Gasteiger partial charge in [0.1, 0.15) is 11.8 Å². The molecule has 0 aliphatic heterocycles. The van der Waals surface area contributed by atoms with Crippen molar-refractivity contribution in [2.45, 2.75) is 31.8 Å². The summed E-state index contributed by atoms with van der Waals surface area (Å²) in [7, 11) is 1.56. The van der Waals surface area contributed by atoms with Gasteiger partial charge in [0.15, 0.2) is 0 Å². The Morgan fingerprint density at radius 3 is 2.20 bits per heavy atom. The first-order chi connectivity index (χ1) is 16.9. The number of carbonyl (C=O) groups excluding carboxylic acids is 2. The Balaban J connectivity index is 1.79. The van der Waals surface area contributed by atoms with E-state index in [0.717, 1.165) is 5.56 Å². The highest BCUT2D eigenvalue weighted by atomic mass is 35.5. The minimum absolute atomic E-state index is 0.111. The molecular weight excluding hydrogens is 507 g/mol. The van der Waals surface area contributed by atoms with Crippen LogP contribution in [0.15, 0.2) is 72.8 Å². The van der Waals surface area contributed by atoms with Crippen molar-refractivity contribution in [3.8, 4) is 5.75 Å². The highest BCUT2D eigenvalue weighted by Gasteiger charge is 2.30. The third kappa shape index (κ3) is 7.89. The van der Waals surface area contributed by atoms with Crippen LogP contribution in [0.3, 0.4) is 0 Å². The molecule has 3 aromatic rings. The van der Waals surface area contributed by atoms with Gasteiger partial charge in [-0.15, -0.1) is 0 Å². The lowest BCUT2D eigenvalue weighted by atomic mass is 10.0. The summed E-state index contributed by atoms with van der Waals surface area (Å²) in [5.41, 5.74) is 1.54. The van der Waals surface area contributed by atoms with Crippen LogP contribution in [0, 0.1) is 0 Å². The molecule has 1 atom stereocenters. The van der Waals surface area contributed by atoms with Crippen LogP contribution in [0.2, 0.25) is 15.1 Å². The van der Waals surface area contributed by atoms with Crippen molar-refractivity contribution in [1.82, 2.24) is 10.2 Å². The lowest BCUT2D eigenvalue weighted by Crippen LogP contribution is -2.49. The van der Waals surface area contributed by atoms with E-state index < -0.39 is 6.04 Å². The van der Waals surface area contributed by atoms with Gasteiger partial charge in [-0.25, -0.2) is 0 Å². The quantitative estimate of drug-likeness (QED) is 0.299. The Kier molecular flexibility index (Phi) is 10.3. The number of likely N-dealkylation sites (N-methyl/N-ethyl adjacent to an activating group) is 1. The third-order valence-corrected chi connectivity index (χ3v) is 6.49. The number of ether oxygens (including phenoxy) is 1. The maximum atomic E-state index is 13.5. The number of hydrogen-bond acceptors (Lipinski definition) is 3. The number of hydrogen-bond donors (Lipinski definition) is 1. The smallest absolute Gasteiger partial charge is 0.242 e. The minimum atomic E-state index is -0.737.